The van der Waals surface area contributed by atoms with Crippen molar-refractivity contribution in [3.63, 3.8) is 0 Å². The van der Waals surface area contributed by atoms with Gasteiger partial charge in [0, 0.05) is 10.4 Å². The molecule has 1 rings (SSSR count). The van der Waals surface area contributed by atoms with Gasteiger partial charge >= 0.3 is 0 Å². The molecule has 0 nitrogen and oxygen atoms in total. The summed E-state index contributed by atoms with van der Waals surface area (Å²) in [4.78, 5) is 0. The largest absolute Gasteiger partial charge is 0.0979 e. The van der Waals surface area contributed by atoms with E-state index < -0.39 is 0 Å². The Morgan fingerprint density at radius 2 is 2.06 bits per heavy atom. The normalized spacial score (nSPS) is 13.9. The van der Waals surface area contributed by atoms with Crippen molar-refractivity contribution in [3.05, 3.63) is 71.3 Å². The monoisotopic (exact) mass is 290 g/mol. The highest BCUT2D eigenvalue weighted by Gasteiger charge is 2.05. The van der Waals surface area contributed by atoms with E-state index >= 15 is 0 Å². The zero-order valence-electron chi connectivity index (χ0n) is 10.3. The van der Waals surface area contributed by atoms with Crippen molar-refractivity contribution in [1.82, 2.24) is 0 Å². The highest BCUT2D eigenvalue weighted by atomic mass is 79.9. The number of hydrogen-bond donors (Lipinski definition) is 0. The zero-order chi connectivity index (χ0) is 12.5. The van der Waals surface area contributed by atoms with Gasteiger partial charge < -0.3 is 0 Å². The minimum Gasteiger partial charge on any atom is -0.0979 e. The van der Waals surface area contributed by atoms with Crippen LogP contribution in [0.25, 0.3) is 0 Å². The third-order valence-corrected chi connectivity index (χ3v) is 3.21. The Kier molecular flexibility index (Phi) is 6.64. The van der Waals surface area contributed by atoms with Crippen LogP contribution in [-0.4, -0.2) is 0 Å². The molecule has 0 spiro atoms. The van der Waals surface area contributed by atoms with E-state index in [0.29, 0.717) is 5.92 Å². The van der Waals surface area contributed by atoms with Crippen LogP contribution in [0.2, 0.25) is 0 Å². The molecule has 0 aliphatic rings. The van der Waals surface area contributed by atoms with E-state index in [9.17, 15) is 0 Å². The van der Waals surface area contributed by atoms with Crippen LogP contribution in [0.15, 0.2) is 65.7 Å². The zero-order valence-corrected chi connectivity index (χ0v) is 11.9. The van der Waals surface area contributed by atoms with Gasteiger partial charge in [-0.1, -0.05) is 84.4 Å². The fraction of sp³-hybridized carbons (Fsp3) is 0.250. The summed E-state index contributed by atoms with van der Waals surface area (Å²) in [6.45, 7) is 5.93. The van der Waals surface area contributed by atoms with E-state index in [1.54, 1.807) is 6.08 Å². The number of halogens is 1. The third-order valence-electron chi connectivity index (χ3n) is 2.62. The van der Waals surface area contributed by atoms with Gasteiger partial charge in [-0.15, -0.1) is 0 Å². The molecule has 0 bridgehead atoms. The molecule has 0 aliphatic heterocycles. The number of rotatable bonds is 6. The highest BCUT2D eigenvalue weighted by molar-refractivity contribution is 9.11. The SMILES string of the molecule is C=C/C(Br)=C\C=C\C(CCC)c1ccccc1. The predicted octanol–water partition coefficient (Wildman–Crippen LogP) is 5.59. The van der Waals surface area contributed by atoms with Gasteiger partial charge in [0.2, 0.25) is 0 Å². The van der Waals surface area contributed by atoms with Crippen LogP contribution in [0, 0.1) is 0 Å². The smallest absolute Gasteiger partial charge is 0.0169 e. The maximum Gasteiger partial charge on any atom is 0.0169 e. The van der Waals surface area contributed by atoms with Crippen molar-refractivity contribution in [2.75, 3.05) is 0 Å². The molecule has 0 radical (unpaired) electrons. The second-order valence-electron chi connectivity index (χ2n) is 3.95. The van der Waals surface area contributed by atoms with Crippen molar-refractivity contribution < 1.29 is 0 Å². The lowest BCUT2D eigenvalue weighted by atomic mass is 9.94. The average molecular weight is 291 g/mol. The molecule has 0 heterocycles. The van der Waals surface area contributed by atoms with Crippen LogP contribution >= 0.6 is 15.9 Å². The van der Waals surface area contributed by atoms with Gasteiger partial charge in [-0.25, -0.2) is 0 Å². The van der Waals surface area contributed by atoms with Crippen molar-refractivity contribution in [2.45, 2.75) is 25.7 Å². The molecule has 1 aromatic carbocycles. The summed E-state index contributed by atoms with van der Waals surface area (Å²) in [5.74, 6) is 0.502. The molecule has 1 unspecified atom stereocenters. The maximum atomic E-state index is 3.70. The molecule has 0 saturated heterocycles. The molecular formula is C16H19Br. The standard InChI is InChI=1S/C16H19Br/c1-3-9-14(12-8-13-16(17)4-2)15-10-6-5-7-11-15/h4-8,10-14H,2-3,9H2,1H3/b12-8+,16-13+. The Balaban J connectivity index is 2.77. The summed E-state index contributed by atoms with van der Waals surface area (Å²) in [5.41, 5.74) is 1.38. The van der Waals surface area contributed by atoms with E-state index in [1.165, 1.54) is 18.4 Å². The maximum absolute atomic E-state index is 3.70. The molecule has 17 heavy (non-hydrogen) atoms. The third kappa shape index (κ3) is 5.18. The Hall–Kier alpha value is -1.08. The van der Waals surface area contributed by atoms with Gasteiger partial charge in [0.25, 0.3) is 0 Å². The Labute approximate surface area is 113 Å². The van der Waals surface area contributed by atoms with E-state index in [0.717, 1.165) is 4.48 Å². The molecule has 0 N–H and O–H groups in total. The molecule has 1 heteroatoms. The van der Waals surface area contributed by atoms with Crippen LogP contribution < -0.4 is 0 Å². The summed E-state index contributed by atoms with van der Waals surface area (Å²) in [5, 5.41) is 0. The lowest BCUT2D eigenvalue weighted by Gasteiger charge is -2.11. The van der Waals surface area contributed by atoms with Crippen LogP contribution in [0.5, 0.6) is 0 Å². The minimum absolute atomic E-state index is 0.502. The van der Waals surface area contributed by atoms with Crippen LogP contribution in [0.4, 0.5) is 0 Å². The summed E-state index contributed by atoms with van der Waals surface area (Å²) in [6, 6.07) is 10.6. The van der Waals surface area contributed by atoms with Gasteiger partial charge in [0.15, 0.2) is 0 Å². The second-order valence-corrected chi connectivity index (χ2v) is 4.86. The molecule has 0 amide bonds. The molecule has 0 fully saturated rings. The number of allylic oxidation sites excluding steroid dienone is 5. The lowest BCUT2D eigenvalue weighted by Crippen LogP contribution is -1.93. The molecule has 1 atom stereocenters. The number of benzene rings is 1. The van der Waals surface area contributed by atoms with E-state index in [4.69, 9.17) is 0 Å². The molecule has 1 aromatic rings. The second kappa shape index (κ2) is 8.08. The van der Waals surface area contributed by atoms with E-state index in [1.807, 2.05) is 6.08 Å². The quantitative estimate of drug-likeness (QED) is 0.599. The van der Waals surface area contributed by atoms with Gasteiger partial charge in [0.05, 0.1) is 0 Å². The fourth-order valence-electron chi connectivity index (χ4n) is 1.73. The molecule has 0 aromatic heterocycles. The molecule has 0 saturated carbocycles. The minimum atomic E-state index is 0.502. The van der Waals surface area contributed by atoms with Gasteiger partial charge in [-0.05, 0) is 18.1 Å². The van der Waals surface area contributed by atoms with Crippen molar-refractivity contribution >= 4 is 15.9 Å². The first kappa shape index (κ1) is 14.0. The Bertz CT molecular complexity index is 387. The summed E-state index contributed by atoms with van der Waals surface area (Å²) in [7, 11) is 0. The van der Waals surface area contributed by atoms with Crippen molar-refractivity contribution in [1.29, 1.82) is 0 Å². The lowest BCUT2D eigenvalue weighted by molar-refractivity contribution is 0.717. The summed E-state index contributed by atoms with van der Waals surface area (Å²) < 4.78 is 1.01. The van der Waals surface area contributed by atoms with Crippen molar-refractivity contribution in [3.8, 4) is 0 Å². The van der Waals surface area contributed by atoms with E-state index in [2.05, 4.69) is 71.9 Å². The number of hydrogen-bond acceptors (Lipinski definition) is 0. The first-order valence-corrected chi connectivity index (χ1v) is 6.78. The summed E-state index contributed by atoms with van der Waals surface area (Å²) in [6.07, 6.45) is 10.5. The van der Waals surface area contributed by atoms with E-state index in [-0.39, 0.29) is 0 Å². The summed E-state index contributed by atoms with van der Waals surface area (Å²) >= 11 is 3.41. The highest BCUT2D eigenvalue weighted by Crippen LogP contribution is 2.22. The van der Waals surface area contributed by atoms with Crippen LogP contribution in [0.3, 0.4) is 0 Å². The molecule has 90 valence electrons. The van der Waals surface area contributed by atoms with Crippen molar-refractivity contribution in [2.24, 2.45) is 0 Å². The Morgan fingerprint density at radius 1 is 1.35 bits per heavy atom. The first-order chi connectivity index (χ1) is 8.27. The molecule has 0 aliphatic carbocycles. The topological polar surface area (TPSA) is 0 Å². The van der Waals surface area contributed by atoms with Gasteiger partial charge in [0.1, 0.15) is 0 Å². The Morgan fingerprint density at radius 3 is 2.65 bits per heavy atom. The van der Waals surface area contributed by atoms with Crippen LogP contribution in [0.1, 0.15) is 31.2 Å². The average Bonchev–Trinajstić information content (AvgIpc) is 2.38. The predicted molar refractivity (Wildman–Crippen MR) is 80.4 cm³/mol. The van der Waals surface area contributed by atoms with Gasteiger partial charge in [-0.2, -0.15) is 0 Å². The van der Waals surface area contributed by atoms with Gasteiger partial charge in [-0.3, -0.25) is 0 Å². The fourth-order valence-corrected chi connectivity index (χ4v) is 1.89. The molecular weight excluding hydrogens is 272 g/mol. The van der Waals surface area contributed by atoms with Crippen LogP contribution in [-0.2, 0) is 0 Å². The first-order valence-electron chi connectivity index (χ1n) is 5.99.